The van der Waals surface area contributed by atoms with E-state index in [0.717, 1.165) is 27.2 Å². The van der Waals surface area contributed by atoms with Gasteiger partial charge in [-0.1, -0.05) is 0 Å². The van der Waals surface area contributed by atoms with E-state index >= 15 is 0 Å². The average molecular weight is 370 g/mol. The number of aromatic nitrogens is 3. The topological polar surface area (TPSA) is 59.9 Å². The zero-order valence-corrected chi connectivity index (χ0v) is 13.0. The summed E-state index contributed by atoms with van der Waals surface area (Å²) in [6.45, 7) is 3.33. The van der Waals surface area contributed by atoms with Crippen LogP contribution in [-0.4, -0.2) is 28.6 Å². The first-order valence-electron chi connectivity index (χ1n) is 5.95. The van der Waals surface area contributed by atoms with Gasteiger partial charge in [-0.2, -0.15) is 0 Å². The molecule has 0 bridgehead atoms. The smallest absolute Gasteiger partial charge is 0.162 e. The van der Waals surface area contributed by atoms with Gasteiger partial charge in [0.2, 0.25) is 0 Å². The molecule has 2 aromatic heterocycles. The van der Waals surface area contributed by atoms with Gasteiger partial charge in [0.1, 0.15) is 5.82 Å². The van der Waals surface area contributed by atoms with Crippen LogP contribution in [0.2, 0.25) is 0 Å². The van der Waals surface area contributed by atoms with Gasteiger partial charge >= 0.3 is 0 Å². The van der Waals surface area contributed by atoms with Crippen LogP contribution in [0.1, 0.15) is 12.6 Å². The monoisotopic (exact) mass is 370 g/mol. The van der Waals surface area contributed by atoms with E-state index in [1.807, 2.05) is 19.1 Å². The molecule has 0 saturated heterocycles. The second kappa shape index (κ2) is 6.76. The summed E-state index contributed by atoms with van der Waals surface area (Å²) in [5.74, 6) is 1.53. The average Bonchev–Trinajstić information content (AvgIpc) is 2.44. The number of halogens is 1. The predicted octanol–water partition coefficient (Wildman–Crippen LogP) is 2.72. The van der Waals surface area contributed by atoms with Crippen LogP contribution >= 0.6 is 22.6 Å². The van der Waals surface area contributed by atoms with Crippen molar-refractivity contribution in [2.24, 2.45) is 0 Å². The molecule has 0 aliphatic carbocycles. The van der Waals surface area contributed by atoms with E-state index in [1.54, 1.807) is 19.5 Å². The maximum Gasteiger partial charge on any atom is 0.162 e. The van der Waals surface area contributed by atoms with Crippen LogP contribution in [0.4, 0.5) is 5.82 Å². The van der Waals surface area contributed by atoms with Crippen molar-refractivity contribution in [3.63, 3.8) is 0 Å². The molecule has 1 N–H and O–H groups in total. The van der Waals surface area contributed by atoms with Crippen molar-refractivity contribution in [1.82, 2.24) is 15.0 Å². The molecular weight excluding hydrogens is 355 g/mol. The first kappa shape index (κ1) is 14.1. The number of hydrogen-bond donors (Lipinski definition) is 1. The SMILES string of the molecule is CCNc1nc(-c2ccncc2)nc(COC)c1I. The fraction of sp³-hybridized carbons (Fsp3) is 0.308. The van der Waals surface area contributed by atoms with Gasteiger partial charge in [-0.15, -0.1) is 0 Å². The summed E-state index contributed by atoms with van der Waals surface area (Å²) in [4.78, 5) is 13.1. The van der Waals surface area contributed by atoms with Crippen molar-refractivity contribution in [3.05, 3.63) is 33.8 Å². The Bertz CT molecular complexity index is 521. The third-order valence-electron chi connectivity index (χ3n) is 2.48. The molecule has 2 rings (SSSR count). The first-order valence-corrected chi connectivity index (χ1v) is 7.03. The fourth-order valence-electron chi connectivity index (χ4n) is 1.64. The lowest BCUT2D eigenvalue weighted by molar-refractivity contribution is 0.181. The third kappa shape index (κ3) is 3.38. The Kier molecular flexibility index (Phi) is 5.03. The van der Waals surface area contributed by atoms with E-state index < -0.39 is 0 Å². The van der Waals surface area contributed by atoms with E-state index in [-0.39, 0.29) is 0 Å². The Balaban J connectivity index is 2.49. The molecule has 2 aromatic rings. The highest BCUT2D eigenvalue weighted by molar-refractivity contribution is 14.1. The Labute approximate surface area is 126 Å². The molecule has 0 aliphatic heterocycles. The first-order chi connectivity index (χ1) is 9.26. The maximum absolute atomic E-state index is 5.20. The van der Waals surface area contributed by atoms with Crippen LogP contribution in [0.25, 0.3) is 11.4 Å². The normalized spacial score (nSPS) is 10.5. The van der Waals surface area contributed by atoms with Gasteiger partial charge < -0.3 is 10.1 Å². The molecule has 2 heterocycles. The second-order valence-corrected chi connectivity index (χ2v) is 4.93. The van der Waals surface area contributed by atoms with Crippen molar-refractivity contribution in [2.45, 2.75) is 13.5 Å². The number of ether oxygens (including phenoxy) is 1. The van der Waals surface area contributed by atoms with Crippen molar-refractivity contribution < 1.29 is 4.74 Å². The Hall–Kier alpha value is -1.28. The van der Waals surface area contributed by atoms with Crippen molar-refractivity contribution in [2.75, 3.05) is 19.0 Å². The molecule has 0 fully saturated rings. The quantitative estimate of drug-likeness (QED) is 0.821. The molecule has 5 nitrogen and oxygen atoms in total. The highest BCUT2D eigenvalue weighted by atomic mass is 127. The number of methoxy groups -OCH3 is 1. The van der Waals surface area contributed by atoms with Gasteiger partial charge in [-0.05, 0) is 41.6 Å². The Morgan fingerprint density at radius 1 is 1.26 bits per heavy atom. The van der Waals surface area contributed by atoms with Crippen LogP contribution in [-0.2, 0) is 11.3 Å². The minimum atomic E-state index is 0.470. The number of anilines is 1. The number of nitrogens with one attached hydrogen (secondary N) is 1. The molecule has 0 amide bonds. The number of pyridine rings is 1. The van der Waals surface area contributed by atoms with Crippen LogP contribution in [0.5, 0.6) is 0 Å². The van der Waals surface area contributed by atoms with Gasteiger partial charge in [-0.25, -0.2) is 9.97 Å². The minimum Gasteiger partial charge on any atom is -0.378 e. The van der Waals surface area contributed by atoms with E-state index in [4.69, 9.17) is 4.74 Å². The van der Waals surface area contributed by atoms with Crippen LogP contribution in [0.3, 0.4) is 0 Å². The minimum absolute atomic E-state index is 0.470. The van der Waals surface area contributed by atoms with Gasteiger partial charge in [0.25, 0.3) is 0 Å². The van der Waals surface area contributed by atoms with Crippen molar-refractivity contribution in [3.8, 4) is 11.4 Å². The highest BCUT2D eigenvalue weighted by Gasteiger charge is 2.12. The van der Waals surface area contributed by atoms with E-state index in [1.165, 1.54) is 0 Å². The molecule has 0 spiro atoms. The molecule has 0 aliphatic rings. The summed E-state index contributed by atoms with van der Waals surface area (Å²) in [6.07, 6.45) is 3.47. The van der Waals surface area contributed by atoms with Crippen molar-refractivity contribution >= 4 is 28.4 Å². The molecule has 0 unspecified atom stereocenters. The number of rotatable bonds is 5. The van der Waals surface area contributed by atoms with E-state index in [2.05, 4.69) is 42.9 Å². The zero-order chi connectivity index (χ0) is 13.7. The molecular formula is C13H15IN4O. The lowest BCUT2D eigenvalue weighted by Crippen LogP contribution is -2.08. The Morgan fingerprint density at radius 3 is 2.63 bits per heavy atom. The van der Waals surface area contributed by atoms with Gasteiger partial charge in [0.05, 0.1) is 15.9 Å². The van der Waals surface area contributed by atoms with Crippen LogP contribution < -0.4 is 5.32 Å². The van der Waals surface area contributed by atoms with Gasteiger partial charge in [0, 0.05) is 31.6 Å². The molecule has 19 heavy (non-hydrogen) atoms. The van der Waals surface area contributed by atoms with Crippen molar-refractivity contribution in [1.29, 1.82) is 0 Å². The largest absolute Gasteiger partial charge is 0.378 e. The standard InChI is InChI=1S/C13H15IN4O/c1-3-16-13-11(14)10(8-19-2)17-12(18-13)9-4-6-15-7-5-9/h4-7H,3,8H2,1-2H3,(H,16,17,18). The number of hydrogen-bond acceptors (Lipinski definition) is 5. The summed E-state index contributed by atoms with van der Waals surface area (Å²) < 4.78 is 6.20. The van der Waals surface area contributed by atoms with Crippen LogP contribution in [0.15, 0.2) is 24.5 Å². The molecule has 0 saturated carbocycles. The summed E-state index contributed by atoms with van der Waals surface area (Å²) in [7, 11) is 1.66. The number of nitrogens with zero attached hydrogens (tertiary/aromatic N) is 3. The van der Waals surface area contributed by atoms with Gasteiger partial charge in [-0.3, -0.25) is 4.98 Å². The fourth-order valence-corrected chi connectivity index (χ4v) is 2.23. The summed E-state index contributed by atoms with van der Waals surface area (Å²) in [6, 6.07) is 3.79. The zero-order valence-electron chi connectivity index (χ0n) is 10.9. The second-order valence-electron chi connectivity index (χ2n) is 3.86. The maximum atomic E-state index is 5.20. The molecule has 6 heteroatoms. The summed E-state index contributed by atoms with van der Waals surface area (Å²) in [5, 5.41) is 3.25. The molecule has 0 radical (unpaired) electrons. The Morgan fingerprint density at radius 2 is 2.00 bits per heavy atom. The molecule has 0 aromatic carbocycles. The summed E-state index contributed by atoms with van der Waals surface area (Å²) in [5.41, 5.74) is 1.84. The van der Waals surface area contributed by atoms with Crippen LogP contribution in [0, 0.1) is 3.57 Å². The third-order valence-corrected chi connectivity index (χ3v) is 3.62. The molecule has 100 valence electrons. The molecule has 0 atom stereocenters. The highest BCUT2D eigenvalue weighted by Crippen LogP contribution is 2.24. The predicted molar refractivity (Wildman–Crippen MR) is 82.9 cm³/mol. The van der Waals surface area contributed by atoms with Gasteiger partial charge in [0.15, 0.2) is 5.82 Å². The van der Waals surface area contributed by atoms with E-state index in [9.17, 15) is 0 Å². The summed E-state index contributed by atoms with van der Waals surface area (Å²) >= 11 is 2.24. The lowest BCUT2D eigenvalue weighted by Gasteiger charge is -2.11. The lowest BCUT2D eigenvalue weighted by atomic mass is 10.2. The van der Waals surface area contributed by atoms with E-state index in [0.29, 0.717) is 12.4 Å².